The van der Waals surface area contributed by atoms with Crippen LogP contribution in [0.4, 0.5) is 0 Å². The number of carbonyl (C=O) groups excluding carboxylic acids is 1. The predicted molar refractivity (Wildman–Crippen MR) is 141 cm³/mol. The van der Waals surface area contributed by atoms with Gasteiger partial charge in [0.25, 0.3) is 0 Å². The van der Waals surface area contributed by atoms with E-state index in [1.165, 1.54) is 17.2 Å². The van der Waals surface area contributed by atoms with Gasteiger partial charge in [0.2, 0.25) is 0 Å². The summed E-state index contributed by atoms with van der Waals surface area (Å²) in [6, 6.07) is 14.8. The Balaban J connectivity index is 1.48. The minimum atomic E-state index is -0.610. The quantitative estimate of drug-likeness (QED) is 0.324. The third-order valence-electron chi connectivity index (χ3n) is 6.66. The summed E-state index contributed by atoms with van der Waals surface area (Å²) >= 11 is 0. The number of ether oxygens (including phenoxy) is 2. The molecule has 0 aliphatic heterocycles. The summed E-state index contributed by atoms with van der Waals surface area (Å²) in [5, 5.41) is 14.1. The lowest BCUT2D eigenvalue weighted by atomic mass is 9.88. The molecule has 1 aliphatic rings. The van der Waals surface area contributed by atoms with Gasteiger partial charge in [0.1, 0.15) is 0 Å². The van der Waals surface area contributed by atoms with E-state index in [2.05, 4.69) is 43.4 Å². The van der Waals surface area contributed by atoms with E-state index in [1.807, 2.05) is 32.0 Å². The molecule has 2 aromatic rings. The molecule has 0 fully saturated rings. The van der Waals surface area contributed by atoms with Crippen LogP contribution in [0.1, 0.15) is 68.0 Å². The van der Waals surface area contributed by atoms with E-state index in [4.69, 9.17) is 9.47 Å². The van der Waals surface area contributed by atoms with Crippen molar-refractivity contribution in [3.8, 4) is 0 Å². The Morgan fingerprint density at radius 1 is 1.20 bits per heavy atom. The van der Waals surface area contributed by atoms with Crippen LogP contribution >= 0.6 is 0 Å². The van der Waals surface area contributed by atoms with Crippen molar-refractivity contribution in [2.24, 2.45) is 5.92 Å². The van der Waals surface area contributed by atoms with Gasteiger partial charge in [0.15, 0.2) is 0 Å². The first-order chi connectivity index (χ1) is 16.7. The fraction of sp³-hybridized carbons (Fsp3) is 0.500. The number of β-amino-alcohol motifs (C(OH)–C–C–N with tert-alkyl or cyclic N) is 1. The van der Waals surface area contributed by atoms with Crippen molar-refractivity contribution in [1.29, 1.82) is 0 Å². The van der Waals surface area contributed by atoms with Gasteiger partial charge in [-0.2, -0.15) is 0 Å². The minimum Gasteiger partial charge on any atom is -0.463 e. The first kappa shape index (κ1) is 27.1. The number of aliphatic hydroxyl groups is 1. The number of benzene rings is 2. The van der Waals surface area contributed by atoms with Crippen LogP contribution in [-0.2, 0) is 27.1 Å². The van der Waals surface area contributed by atoms with Gasteiger partial charge in [-0.15, -0.1) is 0 Å². The molecule has 5 nitrogen and oxygen atoms in total. The highest BCUT2D eigenvalue weighted by Gasteiger charge is 2.28. The average molecular weight is 480 g/mol. The smallest absolute Gasteiger partial charge is 0.330 e. The van der Waals surface area contributed by atoms with E-state index in [-0.39, 0.29) is 24.2 Å². The number of aryl methyl sites for hydroxylation is 1. The van der Waals surface area contributed by atoms with Gasteiger partial charge in [-0.3, -0.25) is 0 Å². The standard InChI is InChI=1S/C30H41NO4/c1-6-34-29(33)14-12-26-15-21(2)11-13-28(26)22(3)35-20-27(32)19-31-30(4,5)18-23-16-24-9-7-8-10-25(24)17-23/h7-15,22-23,27,31-32H,6,16-20H2,1-5H3/t22-,27-/m1/s1. The SMILES string of the molecule is CCOC(=O)C=Cc1cc(C)ccc1[C@@H](C)OC[C@H](O)CNC(C)(C)CC1Cc2ccccc2C1. The molecule has 2 atom stereocenters. The molecule has 0 amide bonds. The normalized spacial score (nSPS) is 15.8. The van der Waals surface area contributed by atoms with E-state index >= 15 is 0 Å². The fourth-order valence-corrected chi connectivity index (χ4v) is 4.94. The third kappa shape index (κ3) is 8.31. The summed E-state index contributed by atoms with van der Waals surface area (Å²) < 4.78 is 11.0. The Labute approximate surface area is 210 Å². The zero-order chi connectivity index (χ0) is 25.4. The molecule has 2 aromatic carbocycles. The largest absolute Gasteiger partial charge is 0.463 e. The van der Waals surface area contributed by atoms with Gasteiger partial charge in [-0.1, -0.05) is 48.0 Å². The average Bonchev–Trinajstić information content (AvgIpc) is 3.21. The number of rotatable bonds is 12. The van der Waals surface area contributed by atoms with Crippen LogP contribution in [0.25, 0.3) is 6.08 Å². The Hall–Kier alpha value is -2.47. The number of nitrogens with one attached hydrogen (secondary N) is 1. The van der Waals surface area contributed by atoms with Crippen molar-refractivity contribution < 1.29 is 19.4 Å². The number of aliphatic hydroxyl groups excluding tert-OH is 1. The number of hydrogen-bond donors (Lipinski definition) is 2. The summed E-state index contributed by atoms with van der Waals surface area (Å²) in [6.45, 7) is 11.2. The maximum absolute atomic E-state index is 11.7. The molecule has 0 bridgehead atoms. The zero-order valence-electron chi connectivity index (χ0n) is 21.8. The highest BCUT2D eigenvalue weighted by molar-refractivity contribution is 5.87. The molecule has 190 valence electrons. The number of carbonyl (C=O) groups is 1. The summed E-state index contributed by atoms with van der Waals surface area (Å²) in [5.41, 5.74) is 5.86. The molecule has 2 N–H and O–H groups in total. The lowest BCUT2D eigenvalue weighted by Gasteiger charge is -2.31. The highest BCUT2D eigenvalue weighted by atomic mass is 16.5. The second-order valence-corrected chi connectivity index (χ2v) is 10.4. The van der Waals surface area contributed by atoms with Crippen LogP contribution in [-0.4, -0.2) is 42.5 Å². The van der Waals surface area contributed by atoms with Crippen molar-refractivity contribution in [3.05, 3.63) is 76.4 Å². The van der Waals surface area contributed by atoms with Crippen LogP contribution in [0.3, 0.4) is 0 Å². The molecule has 0 saturated carbocycles. The number of esters is 1. The maximum atomic E-state index is 11.7. The van der Waals surface area contributed by atoms with E-state index in [1.54, 1.807) is 13.0 Å². The molecule has 1 aliphatic carbocycles. The van der Waals surface area contributed by atoms with Gasteiger partial charge in [0, 0.05) is 18.2 Å². The number of fused-ring (bicyclic) bond motifs is 1. The molecular formula is C30H41NO4. The molecule has 0 radical (unpaired) electrons. The number of hydrogen-bond acceptors (Lipinski definition) is 5. The van der Waals surface area contributed by atoms with Crippen molar-refractivity contribution in [1.82, 2.24) is 5.32 Å². The minimum absolute atomic E-state index is 0.0681. The van der Waals surface area contributed by atoms with Crippen molar-refractivity contribution in [2.45, 2.75) is 71.6 Å². The Morgan fingerprint density at radius 3 is 2.54 bits per heavy atom. The van der Waals surface area contributed by atoms with Gasteiger partial charge in [0.05, 0.1) is 25.4 Å². The van der Waals surface area contributed by atoms with Crippen molar-refractivity contribution in [2.75, 3.05) is 19.8 Å². The Kier molecular flexibility index (Phi) is 9.67. The van der Waals surface area contributed by atoms with E-state index in [0.29, 0.717) is 19.1 Å². The van der Waals surface area contributed by atoms with Gasteiger partial charge >= 0.3 is 5.97 Å². The van der Waals surface area contributed by atoms with E-state index in [9.17, 15) is 9.90 Å². The van der Waals surface area contributed by atoms with Gasteiger partial charge in [-0.25, -0.2) is 4.79 Å². The summed E-state index contributed by atoms with van der Waals surface area (Å²) in [6.07, 6.45) is 5.70. The van der Waals surface area contributed by atoms with Crippen LogP contribution in [0.5, 0.6) is 0 Å². The fourth-order valence-electron chi connectivity index (χ4n) is 4.94. The van der Waals surface area contributed by atoms with Crippen molar-refractivity contribution in [3.63, 3.8) is 0 Å². The van der Waals surface area contributed by atoms with Crippen LogP contribution in [0.2, 0.25) is 0 Å². The second-order valence-electron chi connectivity index (χ2n) is 10.4. The Bertz CT molecular complexity index is 988. The van der Waals surface area contributed by atoms with Gasteiger partial charge in [-0.05, 0) is 88.1 Å². The monoisotopic (exact) mass is 479 g/mol. The molecule has 5 heteroatoms. The molecule has 0 heterocycles. The highest BCUT2D eigenvalue weighted by Crippen LogP contribution is 2.32. The lowest BCUT2D eigenvalue weighted by Crippen LogP contribution is -2.45. The summed E-state index contributed by atoms with van der Waals surface area (Å²) in [4.78, 5) is 11.7. The second kappa shape index (κ2) is 12.5. The van der Waals surface area contributed by atoms with E-state index < -0.39 is 6.10 Å². The molecule has 0 unspecified atom stereocenters. The molecule has 35 heavy (non-hydrogen) atoms. The van der Waals surface area contributed by atoms with Crippen molar-refractivity contribution >= 4 is 12.0 Å². The van der Waals surface area contributed by atoms with Crippen LogP contribution < -0.4 is 5.32 Å². The molecule has 3 rings (SSSR count). The van der Waals surface area contributed by atoms with Crippen LogP contribution in [0, 0.1) is 12.8 Å². The van der Waals surface area contributed by atoms with Gasteiger partial charge < -0.3 is 19.9 Å². The summed E-state index contributed by atoms with van der Waals surface area (Å²) in [5.74, 6) is 0.269. The first-order valence-corrected chi connectivity index (χ1v) is 12.7. The lowest BCUT2D eigenvalue weighted by molar-refractivity contribution is -0.137. The van der Waals surface area contributed by atoms with Crippen LogP contribution in [0.15, 0.2) is 48.5 Å². The first-order valence-electron chi connectivity index (χ1n) is 12.7. The molecule has 0 aromatic heterocycles. The molecule has 0 spiro atoms. The third-order valence-corrected chi connectivity index (χ3v) is 6.66. The summed E-state index contributed by atoms with van der Waals surface area (Å²) in [7, 11) is 0. The Morgan fingerprint density at radius 2 is 1.89 bits per heavy atom. The predicted octanol–water partition coefficient (Wildman–Crippen LogP) is 5.18. The maximum Gasteiger partial charge on any atom is 0.330 e. The zero-order valence-corrected chi connectivity index (χ0v) is 21.8. The van der Waals surface area contributed by atoms with E-state index in [0.717, 1.165) is 36.0 Å². The topological polar surface area (TPSA) is 67.8 Å². The molecular weight excluding hydrogens is 438 g/mol. The molecule has 0 saturated heterocycles.